The minimum absolute atomic E-state index is 0.00115. The van der Waals surface area contributed by atoms with Gasteiger partial charge in [-0.25, -0.2) is 8.78 Å². The van der Waals surface area contributed by atoms with E-state index in [1.807, 2.05) is 0 Å². The van der Waals surface area contributed by atoms with Gasteiger partial charge in [0.15, 0.2) is 0 Å². The molecule has 2 rings (SSSR count). The molecule has 0 fully saturated rings. The Hall–Kier alpha value is -2.43. The second-order valence-electron chi connectivity index (χ2n) is 3.70. The minimum Gasteiger partial charge on any atom is -0.396 e. The van der Waals surface area contributed by atoms with E-state index in [2.05, 4.69) is 5.32 Å². The van der Waals surface area contributed by atoms with E-state index >= 15 is 0 Å². The first-order valence-corrected chi connectivity index (χ1v) is 5.18. The van der Waals surface area contributed by atoms with Crippen LogP contribution in [0.1, 0.15) is 10.4 Å². The van der Waals surface area contributed by atoms with Crippen molar-refractivity contribution in [2.45, 2.75) is 0 Å². The van der Waals surface area contributed by atoms with Crippen LogP contribution >= 0.6 is 0 Å². The van der Waals surface area contributed by atoms with Crippen LogP contribution < -0.4 is 11.1 Å². The molecule has 0 aromatic heterocycles. The van der Waals surface area contributed by atoms with Gasteiger partial charge in [0.2, 0.25) is 0 Å². The Labute approximate surface area is 102 Å². The Morgan fingerprint density at radius 3 is 2.56 bits per heavy atom. The molecule has 3 nitrogen and oxygen atoms in total. The lowest BCUT2D eigenvalue weighted by atomic mass is 10.2. The molecule has 92 valence electrons. The first-order valence-electron chi connectivity index (χ1n) is 5.18. The lowest BCUT2D eigenvalue weighted by Gasteiger charge is -2.06. The van der Waals surface area contributed by atoms with Crippen LogP contribution in [0.2, 0.25) is 0 Å². The third kappa shape index (κ3) is 2.63. The van der Waals surface area contributed by atoms with Crippen molar-refractivity contribution in [3.05, 3.63) is 59.7 Å². The predicted molar refractivity (Wildman–Crippen MR) is 65.2 cm³/mol. The molecule has 0 unspecified atom stereocenters. The van der Waals surface area contributed by atoms with Crippen molar-refractivity contribution in [2.75, 3.05) is 11.1 Å². The number of hydrogen-bond donors (Lipinski definition) is 2. The van der Waals surface area contributed by atoms with Crippen LogP contribution in [-0.2, 0) is 0 Å². The summed E-state index contributed by atoms with van der Waals surface area (Å²) in [5, 5.41) is 2.45. The van der Waals surface area contributed by atoms with Crippen molar-refractivity contribution in [3.63, 3.8) is 0 Å². The van der Waals surface area contributed by atoms with E-state index < -0.39 is 17.5 Å². The molecule has 0 spiro atoms. The average molecular weight is 248 g/mol. The first kappa shape index (κ1) is 12.0. The van der Waals surface area contributed by atoms with Crippen molar-refractivity contribution in [1.29, 1.82) is 0 Å². The van der Waals surface area contributed by atoms with Crippen LogP contribution in [0, 0.1) is 11.6 Å². The highest BCUT2D eigenvalue weighted by Crippen LogP contribution is 2.16. The summed E-state index contributed by atoms with van der Waals surface area (Å²) >= 11 is 0. The highest BCUT2D eigenvalue weighted by Gasteiger charge is 2.08. The zero-order chi connectivity index (χ0) is 13.1. The lowest BCUT2D eigenvalue weighted by Crippen LogP contribution is -2.12. The smallest absolute Gasteiger partial charge is 0.255 e. The zero-order valence-electron chi connectivity index (χ0n) is 9.28. The van der Waals surface area contributed by atoms with Crippen molar-refractivity contribution >= 4 is 17.3 Å². The monoisotopic (exact) mass is 248 g/mol. The molecule has 3 N–H and O–H groups in total. The van der Waals surface area contributed by atoms with E-state index in [0.717, 1.165) is 12.1 Å². The molecular formula is C13H10F2N2O. The fourth-order valence-corrected chi connectivity index (χ4v) is 1.44. The molecule has 0 saturated heterocycles. The van der Waals surface area contributed by atoms with Crippen LogP contribution in [0.3, 0.4) is 0 Å². The molecule has 0 saturated carbocycles. The highest BCUT2D eigenvalue weighted by atomic mass is 19.1. The second-order valence-corrected chi connectivity index (χ2v) is 3.70. The number of rotatable bonds is 2. The van der Waals surface area contributed by atoms with Crippen LogP contribution in [0.4, 0.5) is 20.2 Å². The van der Waals surface area contributed by atoms with Crippen LogP contribution in [0.5, 0.6) is 0 Å². The van der Waals surface area contributed by atoms with Crippen molar-refractivity contribution < 1.29 is 13.6 Å². The lowest BCUT2D eigenvalue weighted by molar-refractivity contribution is 0.102. The van der Waals surface area contributed by atoms with Gasteiger partial charge in [-0.15, -0.1) is 0 Å². The van der Waals surface area contributed by atoms with Gasteiger partial charge in [-0.3, -0.25) is 4.79 Å². The number of amides is 1. The van der Waals surface area contributed by atoms with Gasteiger partial charge in [-0.05, 0) is 36.4 Å². The number of halogens is 2. The molecule has 2 aromatic carbocycles. The maximum absolute atomic E-state index is 13.2. The van der Waals surface area contributed by atoms with E-state index in [1.54, 1.807) is 0 Å². The number of nitrogens with two attached hydrogens (primary N) is 1. The summed E-state index contributed by atoms with van der Waals surface area (Å²) in [6, 6.07) is 9.14. The number of nitrogens with one attached hydrogen (secondary N) is 1. The van der Waals surface area contributed by atoms with Crippen molar-refractivity contribution in [3.8, 4) is 0 Å². The average Bonchev–Trinajstić information content (AvgIpc) is 2.34. The number of carbonyl (C=O) groups excluding carboxylic acids is 1. The van der Waals surface area contributed by atoms with Crippen molar-refractivity contribution in [2.24, 2.45) is 0 Å². The van der Waals surface area contributed by atoms with E-state index in [9.17, 15) is 13.6 Å². The number of nitrogen functional groups attached to an aromatic ring is 1. The van der Waals surface area contributed by atoms with Gasteiger partial charge in [0.05, 0.1) is 5.69 Å². The first-order chi connectivity index (χ1) is 8.56. The molecular weight excluding hydrogens is 238 g/mol. The Balaban J connectivity index is 2.18. The fraction of sp³-hybridized carbons (Fsp3) is 0. The number of hydrogen-bond acceptors (Lipinski definition) is 2. The molecule has 1 amide bonds. The van der Waals surface area contributed by atoms with E-state index in [0.29, 0.717) is 0 Å². The summed E-state index contributed by atoms with van der Waals surface area (Å²) in [6.07, 6.45) is 0. The quantitative estimate of drug-likeness (QED) is 0.803. The number of carbonyl (C=O) groups is 1. The second kappa shape index (κ2) is 4.83. The molecule has 0 aliphatic carbocycles. The molecule has 0 aliphatic rings. The Kier molecular flexibility index (Phi) is 3.23. The highest BCUT2D eigenvalue weighted by molar-refractivity contribution is 6.04. The summed E-state index contributed by atoms with van der Waals surface area (Å²) < 4.78 is 26.1. The van der Waals surface area contributed by atoms with Gasteiger partial charge in [0.1, 0.15) is 11.6 Å². The van der Waals surface area contributed by atoms with Gasteiger partial charge < -0.3 is 11.1 Å². The van der Waals surface area contributed by atoms with Gasteiger partial charge >= 0.3 is 0 Å². The zero-order valence-corrected chi connectivity index (χ0v) is 9.28. The molecule has 2 aromatic rings. The Bertz CT molecular complexity index is 599. The normalized spacial score (nSPS) is 10.1. The predicted octanol–water partition coefficient (Wildman–Crippen LogP) is 2.80. The Morgan fingerprint density at radius 1 is 1.11 bits per heavy atom. The fourth-order valence-electron chi connectivity index (χ4n) is 1.44. The summed E-state index contributed by atoms with van der Waals surface area (Å²) in [6.45, 7) is 0. The molecule has 5 heteroatoms. The molecule has 0 aliphatic heterocycles. The maximum Gasteiger partial charge on any atom is 0.255 e. The van der Waals surface area contributed by atoms with Crippen molar-refractivity contribution in [1.82, 2.24) is 0 Å². The largest absolute Gasteiger partial charge is 0.396 e. The van der Waals surface area contributed by atoms with E-state index in [4.69, 9.17) is 5.73 Å². The maximum atomic E-state index is 13.2. The van der Waals surface area contributed by atoms with Gasteiger partial charge in [-0.1, -0.05) is 6.07 Å². The molecule has 0 bridgehead atoms. The van der Waals surface area contributed by atoms with E-state index in [-0.39, 0.29) is 16.9 Å². The standard InChI is InChI=1S/C13H10F2N2O/c14-9-3-1-2-8(6-9)13(18)17-10-4-5-12(16)11(15)7-10/h1-7H,16H2,(H,17,18). The molecule has 0 atom stereocenters. The SMILES string of the molecule is Nc1ccc(NC(=O)c2cccc(F)c2)cc1F. The Morgan fingerprint density at radius 2 is 1.89 bits per heavy atom. The molecule has 18 heavy (non-hydrogen) atoms. The van der Waals surface area contributed by atoms with E-state index in [1.165, 1.54) is 30.3 Å². The third-order valence-electron chi connectivity index (χ3n) is 2.35. The summed E-state index contributed by atoms with van der Waals surface area (Å²) in [4.78, 5) is 11.7. The van der Waals surface area contributed by atoms with Crippen LogP contribution in [0.25, 0.3) is 0 Å². The third-order valence-corrected chi connectivity index (χ3v) is 2.35. The summed E-state index contributed by atoms with van der Waals surface area (Å²) in [5.41, 5.74) is 5.73. The molecule has 0 heterocycles. The topological polar surface area (TPSA) is 55.1 Å². The van der Waals surface area contributed by atoms with Crippen LogP contribution in [-0.4, -0.2) is 5.91 Å². The summed E-state index contributed by atoms with van der Waals surface area (Å²) in [7, 11) is 0. The number of anilines is 2. The minimum atomic E-state index is -0.618. The summed E-state index contributed by atoms with van der Waals surface area (Å²) in [5.74, 6) is -1.64. The molecule has 0 radical (unpaired) electrons. The number of benzene rings is 2. The van der Waals surface area contributed by atoms with Crippen LogP contribution in [0.15, 0.2) is 42.5 Å². The van der Waals surface area contributed by atoms with Gasteiger partial charge in [0, 0.05) is 11.3 Å². The van der Waals surface area contributed by atoms with Gasteiger partial charge in [0.25, 0.3) is 5.91 Å². The van der Waals surface area contributed by atoms with Gasteiger partial charge in [-0.2, -0.15) is 0 Å².